The third kappa shape index (κ3) is 1.36. The maximum Gasteiger partial charge on any atom is 0.301 e. The Balaban J connectivity index is 2.89. The number of carbonyl (C=O) groups excluding carboxylic acids is 2. The third-order valence-electron chi connectivity index (χ3n) is 1.37. The van der Waals surface area contributed by atoms with Crippen LogP contribution in [0.5, 0.6) is 0 Å². The third-order valence-corrected chi connectivity index (χ3v) is 1.37. The summed E-state index contributed by atoms with van der Waals surface area (Å²) in [6, 6.07) is 0.0613. The lowest BCUT2D eigenvalue weighted by atomic mass is 10.3. The summed E-state index contributed by atoms with van der Waals surface area (Å²) in [6.07, 6.45) is -0.163. The molecule has 0 aromatic carbocycles. The van der Waals surface area contributed by atoms with E-state index in [2.05, 4.69) is 9.73 Å². The smallest absolute Gasteiger partial charge is 0.301 e. The van der Waals surface area contributed by atoms with Crippen molar-refractivity contribution in [2.45, 2.75) is 6.42 Å². The van der Waals surface area contributed by atoms with E-state index in [-0.39, 0.29) is 18.3 Å². The van der Waals surface area contributed by atoms with Crippen molar-refractivity contribution in [3.63, 3.8) is 0 Å². The van der Waals surface area contributed by atoms with Crippen molar-refractivity contribution in [1.29, 1.82) is 0 Å². The first kappa shape index (κ1) is 7.71. The van der Waals surface area contributed by atoms with E-state index in [0.29, 0.717) is 0 Å². The van der Waals surface area contributed by atoms with Crippen LogP contribution < -0.4 is 0 Å². The monoisotopic (exact) mass is 156 g/mol. The van der Waals surface area contributed by atoms with Crippen molar-refractivity contribution in [2.75, 3.05) is 14.2 Å². The van der Waals surface area contributed by atoms with E-state index in [4.69, 9.17) is 0 Å². The van der Waals surface area contributed by atoms with Gasteiger partial charge in [-0.15, -0.1) is 0 Å². The fraction of sp³-hybridized carbons (Fsp3) is 0.500. The topological polar surface area (TPSA) is 59.0 Å². The van der Waals surface area contributed by atoms with Gasteiger partial charge in [-0.05, 0) is 0 Å². The lowest BCUT2D eigenvalue weighted by Crippen LogP contribution is -2.39. The highest BCUT2D eigenvalue weighted by Crippen LogP contribution is 2.03. The molecule has 0 spiro atoms. The molecule has 0 aliphatic carbocycles. The quantitative estimate of drug-likeness (QED) is 0.439. The molecule has 0 radical (unpaired) electrons. The second-order valence-corrected chi connectivity index (χ2v) is 2.12. The van der Waals surface area contributed by atoms with Gasteiger partial charge in [-0.25, -0.2) is 0 Å². The molecule has 0 saturated carbocycles. The Bertz CT molecular complexity index is 234. The second-order valence-electron chi connectivity index (χ2n) is 2.12. The van der Waals surface area contributed by atoms with Crippen LogP contribution in [0.2, 0.25) is 0 Å². The maximum absolute atomic E-state index is 10.9. The van der Waals surface area contributed by atoms with Crippen molar-refractivity contribution in [3.8, 4) is 0 Å². The Morgan fingerprint density at radius 1 is 1.55 bits per heavy atom. The molecule has 0 N–H and O–H groups in total. The number of hydrogen-bond donors (Lipinski definition) is 0. The number of nitrogens with zero attached hydrogens (tertiary/aromatic N) is 2. The number of amidine groups is 1. The van der Waals surface area contributed by atoms with E-state index < -0.39 is 5.91 Å². The van der Waals surface area contributed by atoms with Gasteiger partial charge in [0.25, 0.3) is 5.91 Å². The van der Waals surface area contributed by atoms with Gasteiger partial charge >= 0.3 is 6.02 Å². The number of ether oxygens (including phenoxy) is 1. The van der Waals surface area contributed by atoms with Gasteiger partial charge in [0.2, 0.25) is 5.91 Å². The largest absolute Gasteiger partial charge is 0.468 e. The number of hydrogen-bond acceptors (Lipinski definition) is 3. The van der Waals surface area contributed by atoms with Gasteiger partial charge in [0.05, 0.1) is 7.11 Å². The first-order chi connectivity index (χ1) is 5.15. The molecular formula is C6H8N2O3. The molecule has 0 saturated heterocycles. The van der Waals surface area contributed by atoms with Crippen LogP contribution in [0.4, 0.5) is 0 Å². The second kappa shape index (κ2) is 2.69. The summed E-state index contributed by atoms with van der Waals surface area (Å²) in [5.41, 5.74) is 0. The number of rotatable bonds is 0. The Hall–Kier alpha value is -1.39. The molecule has 2 amide bonds. The SMILES string of the molecule is COC1=NC(=O)CC(=O)N1C. The first-order valence-electron chi connectivity index (χ1n) is 3.07. The molecule has 0 atom stereocenters. The molecule has 1 rings (SSSR count). The number of carbonyl (C=O) groups is 2. The molecule has 0 fully saturated rings. The minimum absolute atomic E-state index is 0.0613. The molecule has 5 heteroatoms. The molecule has 1 heterocycles. The van der Waals surface area contributed by atoms with E-state index >= 15 is 0 Å². The predicted octanol–water partition coefficient (Wildman–Crippen LogP) is -0.623. The molecule has 0 unspecified atom stereocenters. The number of amides is 2. The summed E-state index contributed by atoms with van der Waals surface area (Å²) in [7, 11) is 2.87. The lowest BCUT2D eigenvalue weighted by Gasteiger charge is -2.19. The Morgan fingerprint density at radius 3 is 2.73 bits per heavy atom. The van der Waals surface area contributed by atoms with Crippen LogP contribution in [0, 0.1) is 0 Å². The molecule has 0 aromatic heterocycles. The van der Waals surface area contributed by atoms with E-state index in [1.807, 2.05) is 0 Å². The summed E-state index contributed by atoms with van der Waals surface area (Å²) in [5, 5.41) is 0. The van der Waals surface area contributed by atoms with Gasteiger partial charge in [0.15, 0.2) is 0 Å². The fourth-order valence-electron chi connectivity index (χ4n) is 0.758. The molecule has 0 bridgehead atoms. The van der Waals surface area contributed by atoms with Crippen LogP contribution in [0.25, 0.3) is 0 Å². The van der Waals surface area contributed by atoms with E-state index in [1.165, 1.54) is 19.1 Å². The summed E-state index contributed by atoms with van der Waals surface area (Å²) in [5.74, 6) is -0.744. The zero-order valence-corrected chi connectivity index (χ0v) is 6.33. The first-order valence-corrected chi connectivity index (χ1v) is 3.07. The molecule has 1 aliphatic heterocycles. The van der Waals surface area contributed by atoms with Gasteiger partial charge in [0.1, 0.15) is 6.42 Å². The maximum atomic E-state index is 10.9. The van der Waals surface area contributed by atoms with Crippen LogP contribution in [0.15, 0.2) is 4.99 Å². The number of aliphatic imine (C=N–C) groups is 1. The molecule has 60 valence electrons. The predicted molar refractivity (Wildman–Crippen MR) is 36.8 cm³/mol. The minimum atomic E-state index is -0.454. The van der Waals surface area contributed by atoms with Crippen molar-refractivity contribution in [2.24, 2.45) is 4.99 Å². The highest BCUT2D eigenvalue weighted by molar-refractivity contribution is 6.11. The molecule has 5 nitrogen and oxygen atoms in total. The summed E-state index contributed by atoms with van der Waals surface area (Å²) >= 11 is 0. The Kier molecular flexibility index (Phi) is 1.89. The average molecular weight is 156 g/mol. The van der Waals surface area contributed by atoms with Gasteiger partial charge in [-0.3, -0.25) is 14.5 Å². The normalized spacial score (nSPS) is 18.4. The summed E-state index contributed by atoms with van der Waals surface area (Å²) < 4.78 is 4.68. The van der Waals surface area contributed by atoms with Crippen LogP contribution in [0.1, 0.15) is 6.42 Å². The zero-order valence-electron chi connectivity index (χ0n) is 6.33. The van der Waals surface area contributed by atoms with Crippen molar-refractivity contribution in [3.05, 3.63) is 0 Å². The van der Waals surface area contributed by atoms with Crippen molar-refractivity contribution in [1.82, 2.24) is 4.90 Å². The number of methoxy groups -OCH3 is 1. The van der Waals surface area contributed by atoms with Gasteiger partial charge in [-0.1, -0.05) is 0 Å². The van der Waals surface area contributed by atoms with Gasteiger partial charge < -0.3 is 4.74 Å². The van der Waals surface area contributed by atoms with E-state index in [1.54, 1.807) is 0 Å². The van der Waals surface area contributed by atoms with Crippen molar-refractivity contribution < 1.29 is 14.3 Å². The molecule has 1 aliphatic rings. The summed E-state index contributed by atoms with van der Waals surface area (Å²) in [4.78, 5) is 26.3. The van der Waals surface area contributed by atoms with E-state index in [0.717, 1.165) is 0 Å². The highest BCUT2D eigenvalue weighted by atomic mass is 16.5. The Labute approximate surface area is 63.6 Å². The standard InChI is InChI=1S/C6H8N2O3/c1-8-5(10)3-4(9)7-6(8)11-2/h3H2,1-2H3. The van der Waals surface area contributed by atoms with Crippen LogP contribution in [0.3, 0.4) is 0 Å². The van der Waals surface area contributed by atoms with Gasteiger partial charge in [0, 0.05) is 7.05 Å². The molecule has 0 aromatic rings. The summed E-state index contributed by atoms with van der Waals surface area (Å²) in [6.45, 7) is 0. The van der Waals surface area contributed by atoms with Crippen LogP contribution >= 0.6 is 0 Å². The fourth-order valence-corrected chi connectivity index (χ4v) is 0.758. The minimum Gasteiger partial charge on any atom is -0.468 e. The van der Waals surface area contributed by atoms with Gasteiger partial charge in [-0.2, -0.15) is 4.99 Å². The highest BCUT2D eigenvalue weighted by Gasteiger charge is 2.24. The molecular weight excluding hydrogens is 148 g/mol. The zero-order chi connectivity index (χ0) is 8.43. The van der Waals surface area contributed by atoms with Crippen LogP contribution in [-0.4, -0.2) is 36.9 Å². The molecule has 11 heavy (non-hydrogen) atoms. The Morgan fingerprint density at radius 2 is 2.18 bits per heavy atom. The average Bonchev–Trinajstić information content (AvgIpc) is 1.96. The lowest BCUT2D eigenvalue weighted by molar-refractivity contribution is -0.133. The van der Waals surface area contributed by atoms with E-state index in [9.17, 15) is 9.59 Å². The van der Waals surface area contributed by atoms with Crippen LogP contribution in [-0.2, 0) is 14.3 Å². The van der Waals surface area contributed by atoms with Crippen molar-refractivity contribution >= 4 is 17.8 Å².